The third kappa shape index (κ3) is 5.54. The Balaban J connectivity index is 1.36. The molecule has 0 bridgehead atoms. The molecule has 3 aliphatic rings. The number of aliphatic hydroxyl groups is 1. The summed E-state index contributed by atoms with van der Waals surface area (Å²) in [5.74, 6) is 0.669. The maximum Gasteiger partial charge on any atom is 0.416 e. The van der Waals surface area contributed by atoms with Crippen LogP contribution in [-0.4, -0.2) is 59.5 Å². The van der Waals surface area contributed by atoms with Crippen LogP contribution in [0.4, 0.5) is 18.0 Å². The first-order chi connectivity index (χ1) is 15.2. The zero-order valence-corrected chi connectivity index (χ0v) is 18.5. The molecular weight excluding hydrogens is 443 g/mol. The fourth-order valence-corrected chi connectivity index (χ4v) is 5.00. The van der Waals surface area contributed by atoms with E-state index < -0.39 is 17.8 Å². The molecule has 0 aliphatic carbocycles. The molecule has 1 aromatic carbocycles. The second kappa shape index (κ2) is 9.54. The van der Waals surface area contributed by atoms with E-state index in [1.54, 1.807) is 19.1 Å². The molecular formula is C22H26F3N3O3S. The molecule has 2 saturated heterocycles. The van der Waals surface area contributed by atoms with Gasteiger partial charge in [-0.1, -0.05) is 23.8 Å². The lowest BCUT2D eigenvalue weighted by Gasteiger charge is -2.31. The first-order valence-electron chi connectivity index (χ1n) is 10.6. The minimum atomic E-state index is -4.36. The minimum absolute atomic E-state index is 0.205. The van der Waals surface area contributed by atoms with Crippen molar-refractivity contribution in [3.8, 4) is 0 Å². The summed E-state index contributed by atoms with van der Waals surface area (Å²) in [5, 5.41) is 12.7. The quantitative estimate of drug-likeness (QED) is 0.700. The normalized spacial score (nSPS) is 26.7. The van der Waals surface area contributed by atoms with Crippen LogP contribution in [0.25, 0.3) is 0 Å². The van der Waals surface area contributed by atoms with Gasteiger partial charge in [0.15, 0.2) is 0 Å². The first-order valence-corrected chi connectivity index (χ1v) is 11.4. The number of thioether (sulfide) groups is 1. The van der Waals surface area contributed by atoms with Crippen molar-refractivity contribution in [2.45, 2.75) is 44.6 Å². The molecule has 3 aliphatic heterocycles. The van der Waals surface area contributed by atoms with Crippen LogP contribution < -0.4 is 5.32 Å². The monoisotopic (exact) mass is 469 g/mol. The summed E-state index contributed by atoms with van der Waals surface area (Å²) in [6.07, 6.45) is -1.42. The summed E-state index contributed by atoms with van der Waals surface area (Å²) in [7, 11) is 0. The average molecular weight is 470 g/mol. The number of benzene rings is 1. The fourth-order valence-electron chi connectivity index (χ4n) is 4.21. The Hall–Kier alpha value is -1.88. The van der Waals surface area contributed by atoms with Gasteiger partial charge in [0.2, 0.25) is 0 Å². The van der Waals surface area contributed by atoms with Gasteiger partial charge in [0.05, 0.1) is 35.8 Å². The Kier molecular flexibility index (Phi) is 6.94. The molecule has 4 rings (SSSR count). The van der Waals surface area contributed by atoms with Crippen molar-refractivity contribution in [2.75, 3.05) is 26.3 Å². The maximum atomic E-state index is 13.4. The van der Waals surface area contributed by atoms with Crippen LogP contribution in [0.1, 0.15) is 29.5 Å². The largest absolute Gasteiger partial charge is 0.416 e. The van der Waals surface area contributed by atoms with Gasteiger partial charge in [0, 0.05) is 6.54 Å². The number of hydrogen-bond acceptors (Lipinski definition) is 6. The second-order valence-corrected chi connectivity index (χ2v) is 9.48. The van der Waals surface area contributed by atoms with Gasteiger partial charge in [-0.15, -0.1) is 0 Å². The highest BCUT2D eigenvalue weighted by Gasteiger charge is 2.34. The molecule has 2 fully saturated rings. The molecule has 2 atom stereocenters. The second-order valence-electron chi connectivity index (χ2n) is 8.49. The van der Waals surface area contributed by atoms with Gasteiger partial charge in [-0.2, -0.15) is 18.2 Å². The number of carbonyl (C=O) groups excluding carboxylic acids is 1. The summed E-state index contributed by atoms with van der Waals surface area (Å²) in [6, 6.07) is 4.20. The van der Waals surface area contributed by atoms with Crippen LogP contribution >= 0.6 is 11.8 Å². The van der Waals surface area contributed by atoms with Crippen molar-refractivity contribution in [2.24, 2.45) is 10.9 Å². The number of piperidine rings is 1. The standard InChI is InChI=1S/C22H26F3N3O3S/c1-13-2-3-15(16(8-13)22(23,24)25)10-28-6-4-14(5-7-28)9-19-20(27-21(30)32-19)26-17-11-31-12-18(17)29/h2-3,8-9,14,17-18,29H,4-7,10-12H2,1H3,(H,26,27,30)/b19-9-/t17-,18-/m0/s1. The Morgan fingerprint density at radius 1 is 1.31 bits per heavy atom. The molecule has 3 heterocycles. The van der Waals surface area contributed by atoms with Gasteiger partial charge < -0.3 is 15.2 Å². The van der Waals surface area contributed by atoms with Crippen LogP contribution in [0.15, 0.2) is 34.2 Å². The molecule has 6 nitrogen and oxygen atoms in total. The third-order valence-corrected chi connectivity index (χ3v) is 6.81. The fraction of sp³-hybridized carbons (Fsp3) is 0.545. The van der Waals surface area contributed by atoms with Crippen molar-refractivity contribution >= 4 is 22.8 Å². The van der Waals surface area contributed by atoms with Gasteiger partial charge in [-0.05, 0) is 62.2 Å². The van der Waals surface area contributed by atoms with Gasteiger partial charge in [0.25, 0.3) is 0 Å². The highest BCUT2D eigenvalue weighted by Crippen LogP contribution is 2.35. The Morgan fingerprint density at radius 2 is 2.06 bits per heavy atom. The number of carbonyl (C=O) groups is 1. The number of likely N-dealkylation sites (tertiary alicyclic amines) is 1. The van der Waals surface area contributed by atoms with E-state index in [4.69, 9.17) is 4.74 Å². The zero-order valence-electron chi connectivity index (χ0n) is 17.7. The molecule has 0 spiro atoms. The molecule has 0 aromatic heterocycles. The van der Waals surface area contributed by atoms with Gasteiger partial charge in [-0.3, -0.25) is 9.69 Å². The number of amides is 1. The predicted octanol–water partition coefficient (Wildman–Crippen LogP) is 3.72. The molecule has 1 amide bonds. The number of halogens is 3. The van der Waals surface area contributed by atoms with Crippen molar-refractivity contribution in [3.05, 3.63) is 45.9 Å². The molecule has 2 N–H and O–H groups in total. The van der Waals surface area contributed by atoms with E-state index in [-0.39, 0.29) is 30.4 Å². The Morgan fingerprint density at radius 3 is 2.72 bits per heavy atom. The van der Waals surface area contributed by atoms with Crippen molar-refractivity contribution < 1.29 is 27.8 Å². The Bertz CT molecular complexity index is 927. The van der Waals surface area contributed by atoms with Crippen LogP contribution in [0.5, 0.6) is 0 Å². The SMILES string of the molecule is Cc1ccc(CN2CCC(/C=C3\SC(=O)N=C3N[C@H]3COC[C@@H]3O)CC2)c(C(F)(F)F)c1. The van der Waals surface area contributed by atoms with Crippen molar-refractivity contribution in [1.29, 1.82) is 0 Å². The maximum absolute atomic E-state index is 13.4. The summed E-state index contributed by atoms with van der Waals surface area (Å²) in [6.45, 7) is 3.88. The van der Waals surface area contributed by atoms with Gasteiger partial charge >= 0.3 is 11.4 Å². The average Bonchev–Trinajstić information content (AvgIpc) is 3.29. The lowest BCUT2D eigenvalue weighted by molar-refractivity contribution is -0.138. The number of nitrogens with zero attached hydrogens (tertiary/aromatic N) is 2. The van der Waals surface area contributed by atoms with E-state index in [2.05, 4.69) is 10.3 Å². The van der Waals surface area contributed by atoms with Crippen LogP contribution in [-0.2, 0) is 17.5 Å². The summed E-state index contributed by atoms with van der Waals surface area (Å²) >= 11 is 1.06. The van der Waals surface area contributed by atoms with E-state index in [1.165, 1.54) is 6.07 Å². The molecule has 174 valence electrons. The molecule has 1 aromatic rings. The van der Waals surface area contributed by atoms with Gasteiger partial charge in [-0.25, -0.2) is 0 Å². The summed E-state index contributed by atoms with van der Waals surface area (Å²) in [4.78, 5) is 18.7. The number of aliphatic imine (C=N–C) groups is 1. The number of rotatable bonds is 4. The lowest BCUT2D eigenvalue weighted by atomic mass is 9.95. The topological polar surface area (TPSA) is 74.2 Å². The summed E-state index contributed by atoms with van der Waals surface area (Å²) < 4.78 is 45.5. The van der Waals surface area contributed by atoms with Crippen molar-refractivity contribution in [3.63, 3.8) is 0 Å². The number of hydrogen-bond donors (Lipinski definition) is 2. The molecule has 0 saturated carbocycles. The molecule has 0 unspecified atom stereocenters. The highest BCUT2D eigenvalue weighted by atomic mass is 32.2. The van der Waals surface area contributed by atoms with Crippen LogP contribution in [0.3, 0.4) is 0 Å². The van der Waals surface area contributed by atoms with E-state index in [1.807, 2.05) is 11.0 Å². The minimum Gasteiger partial charge on any atom is -0.388 e. The highest BCUT2D eigenvalue weighted by molar-refractivity contribution is 8.18. The number of allylic oxidation sites excluding steroid dienone is 1. The molecule has 0 radical (unpaired) electrons. The first kappa shape index (κ1) is 23.3. The number of ether oxygens (including phenoxy) is 1. The van der Waals surface area contributed by atoms with Crippen LogP contribution in [0, 0.1) is 12.8 Å². The number of alkyl halides is 3. The smallest absolute Gasteiger partial charge is 0.388 e. The van der Waals surface area contributed by atoms with Crippen molar-refractivity contribution in [1.82, 2.24) is 10.2 Å². The molecule has 32 heavy (non-hydrogen) atoms. The van der Waals surface area contributed by atoms with E-state index >= 15 is 0 Å². The number of amidine groups is 1. The number of aliphatic hydroxyl groups excluding tert-OH is 1. The Labute approximate surface area is 188 Å². The third-order valence-electron chi connectivity index (χ3n) is 5.99. The summed E-state index contributed by atoms with van der Waals surface area (Å²) in [5.41, 5.74) is 0.332. The molecule has 10 heteroatoms. The van der Waals surface area contributed by atoms with E-state index in [0.717, 1.165) is 29.5 Å². The van der Waals surface area contributed by atoms with E-state index in [0.29, 0.717) is 36.7 Å². The predicted molar refractivity (Wildman–Crippen MR) is 116 cm³/mol. The van der Waals surface area contributed by atoms with E-state index in [9.17, 15) is 23.1 Å². The van der Waals surface area contributed by atoms with Gasteiger partial charge in [0.1, 0.15) is 5.84 Å². The lowest BCUT2D eigenvalue weighted by Crippen LogP contribution is -2.42. The van der Waals surface area contributed by atoms with Crippen LogP contribution in [0.2, 0.25) is 0 Å². The number of nitrogens with one attached hydrogen (secondary N) is 1. The number of aryl methyl sites for hydroxylation is 1. The zero-order chi connectivity index (χ0) is 22.9.